The van der Waals surface area contributed by atoms with Gasteiger partial charge in [-0.15, -0.1) is 0 Å². The van der Waals surface area contributed by atoms with Crippen molar-refractivity contribution < 1.29 is 9.53 Å². The van der Waals surface area contributed by atoms with Crippen LogP contribution >= 0.6 is 0 Å². The van der Waals surface area contributed by atoms with Crippen molar-refractivity contribution in [1.82, 2.24) is 4.90 Å². The van der Waals surface area contributed by atoms with Crippen LogP contribution < -0.4 is 15.0 Å². The van der Waals surface area contributed by atoms with Gasteiger partial charge in [0.15, 0.2) is 0 Å². The number of hydrogen-bond acceptors (Lipinski definition) is 4. The summed E-state index contributed by atoms with van der Waals surface area (Å²) in [5, 5.41) is 3.05. The Labute approximate surface area is 202 Å². The molecule has 0 saturated carbocycles. The van der Waals surface area contributed by atoms with Gasteiger partial charge in [0.05, 0.1) is 0 Å². The number of anilines is 2. The topological polar surface area (TPSA) is 44.8 Å². The van der Waals surface area contributed by atoms with Crippen LogP contribution in [0.15, 0.2) is 78.9 Å². The summed E-state index contributed by atoms with van der Waals surface area (Å²) in [5.41, 5.74) is 2.61. The van der Waals surface area contributed by atoms with Crippen molar-refractivity contribution in [1.29, 1.82) is 0 Å². The van der Waals surface area contributed by atoms with E-state index < -0.39 is 0 Å². The van der Waals surface area contributed by atoms with Gasteiger partial charge in [-0.1, -0.05) is 30.7 Å². The normalized spacial score (nSPS) is 17.4. The third kappa shape index (κ3) is 5.60. The summed E-state index contributed by atoms with van der Waals surface area (Å²) in [6.07, 6.45) is 6.52. The molecule has 0 spiro atoms. The van der Waals surface area contributed by atoms with Gasteiger partial charge in [-0.05, 0) is 93.4 Å². The molecule has 0 atom stereocenters. The molecule has 2 aliphatic rings. The molecule has 2 fully saturated rings. The molecule has 176 valence electrons. The molecule has 5 heteroatoms. The van der Waals surface area contributed by atoms with E-state index in [0.29, 0.717) is 11.3 Å². The molecule has 1 N–H and O–H groups in total. The largest absolute Gasteiger partial charge is 0.457 e. The highest BCUT2D eigenvalue weighted by atomic mass is 16.5. The number of likely N-dealkylation sites (tertiary alicyclic amines) is 1. The highest BCUT2D eigenvalue weighted by Gasteiger charge is 2.25. The number of rotatable bonds is 6. The van der Waals surface area contributed by atoms with Crippen molar-refractivity contribution in [3.8, 4) is 11.5 Å². The third-order valence-electron chi connectivity index (χ3n) is 6.94. The Kier molecular flexibility index (Phi) is 7.10. The van der Waals surface area contributed by atoms with Crippen molar-refractivity contribution in [2.24, 2.45) is 0 Å². The predicted octanol–water partition coefficient (Wildman–Crippen LogP) is 6.19. The quantitative estimate of drug-likeness (QED) is 0.482. The molecular formula is C29H33N3O2. The van der Waals surface area contributed by atoms with Crippen molar-refractivity contribution in [2.45, 2.75) is 38.1 Å². The number of benzene rings is 3. The molecule has 3 aromatic carbocycles. The highest BCUT2D eigenvalue weighted by Crippen LogP contribution is 2.27. The molecule has 34 heavy (non-hydrogen) atoms. The standard InChI is InChI=1S/C29H33N3O2/c33-29(23-12-14-28(15-13-23)34-27-10-3-1-4-11-27)30-24-8-7-9-26(22-24)32-20-16-25(17-21-32)31-18-5-2-6-19-31/h1,3-4,7-15,22,25H,2,5-6,16-21H2,(H,30,33). The number of para-hydroxylation sites is 1. The first-order chi connectivity index (χ1) is 16.7. The summed E-state index contributed by atoms with van der Waals surface area (Å²) in [6, 6.07) is 25.8. The van der Waals surface area contributed by atoms with Gasteiger partial charge in [0.2, 0.25) is 0 Å². The first-order valence-corrected chi connectivity index (χ1v) is 12.5. The fourth-order valence-electron chi connectivity index (χ4n) is 5.06. The number of hydrogen-bond donors (Lipinski definition) is 1. The van der Waals surface area contributed by atoms with Crippen LogP contribution in [0.3, 0.4) is 0 Å². The fourth-order valence-corrected chi connectivity index (χ4v) is 5.06. The van der Waals surface area contributed by atoms with Gasteiger partial charge in [-0.3, -0.25) is 4.79 Å². The van der Waals surface area contributed by atoms with E-state index in [0.717, 1.165) is 30.6 Å². The molecule has 3 aromatic rings. The number of amides is 1. The average Bonchev–Trinajstić information content (AvgIpc) is 2.90. The second-order valence-corrected chi connectivity index (χ2v) is 9.26. The van der Waals surface area contributed by atoms with E-state index >= 15 is 0 Å². The zero-order valence-electron chi connectivity index (χ0n) is 19.7. The minimum absolute atomic E-state index is 0.118. The lowest BCUT2D eigenvalue weighted by molar-refractivity contribution is 0.102. The van der Waals surface area contributed by atoms with E-state index in [2.05, 4.69) is 27.2 Å². The van der Waals surface area contributed by atoms with Crippen molar-refractivity contribution in [3.63, 3.8) is 0 Å². The van der Waals surface area contributed by atoms with Gasteiger partial charge in [0, 0.05) is 36.1 Å². The zero-order valence-corrected chi connectivity index (χ0v) is 19.7. The van der Waals surface area contributed by atoms with Crippen LogP contribution in [0, 0.1) is 0 Å². The van der Waals surface area contributed by atoms with Crippen LogP contribution in [0.2, 0.25) is 0 Å². The van der Waals surface area contributed by atoms with E-state index in [-0.39, 0.29) is 5.91 Å². The van der Waals surface area contributed by atoms with Crippen molar-refractivity contribution in [2.75, 3.05) is 36.4 Å². The van der Waals surface area contributed by atoms with Crippen molar-refractivity contribution in [3.05, 3.63) is 84.4 Å². The van der Waals surface area contributed by atoms with Gasteiger partial charge in [0.1, 0.15) is 11.5 Å². The van der Waals surface area contributed by atoms with Gasteiger partial charge < -0.3 is 19.9 Å². The summed E-state index contributed by atoms with van der Waals surface area (Å²) in [6.45, 7) is 4.68. The highest BCUT2D eigenvalue weighted by molar-refractivity contribution is 6.04. The zero-order chi connectivity index (χ0) is 23.2. The smallest absolute Gasteiger partial charge is 0.255 e. The maximum Gasteiger partial charge on any atom is 0.255 e. The summed E-state index contributed by atoms with van der Waals surface area (Å²) < 4.78 is 5.82. The summed E-state index contributed by atoms with van der Waals surface area (Å²) in [7, 11) is 0. The number of nitrogens with one attached hydrogen (secondary N) is 1. The monoisotopic (exact) mass is 455 g/mol. The number of piperidine rings is 2. The van der Waals surface area contributed by atoms with E-state index in [1.54, 1.807) is 12.1 Å². The number of carbonyl (C=O) groups excluding carboxylic acids is 1. The first kappa shape index (κ1) is 22.5. The lowest BCUT2D eigenvalue weighted by Crippen LogP contribution is -2.46. The first-order valence-electron chi connectivity index (χ1n) is 12.5. The van der Waals surface area contributed by atoms with Crippen molar-refractivity contribution >= 4 is 17.3 Å². The Morgan fingerprint density at radius 1 is 0.765 bits per heavy atom. The molecule has 5 rings (SSSR count). The lowest BCUT2D eigenvalue weighted by Gasteiger charge is -2.41. The Morgan fingerprint density at radius 2 is 1.47 bits per heavy atom. The molecule has 0 unspecified atom stereocenters. The molecule has 2 saturated heterocycles. The molecule has 0 aromatic heterocycles. The minimum atomic E-state index is -0.118. The number of carbonyl (C=O) groups is 1. The molecule has 2 heterocycles. The summed E-state index contributed by atoms with van der Waals surface area (Å²) >= 11 is 0. The maximum absolute atomic E-state index is 12.8. The molecule has 0 bridgehead atoms. The predicted molar refractivity (Wildman–Crippen MR) is 138 cm³/mol. The number of nitrogens with zero attached hydrogens (tertiary/aromatic N) is 2. The maximum atomic E-state index is 12.8. The van der Waals surface area contributed by atoms with Crippen LogP contribution in [0.1, 0.15) is 42.5 Å². The third-order valence-corrected chi connectivity index (χ3v) is 6.94. The van der Waals surface area contributed by atoms with Crippen LogP contribution in [0.25, 0.3) is 0 Å². The summed E-state index contributed by atoms with van der Waals surface area (Å²) in [4.78, 5) is 18.0. The Hall–Kier alpha value is -3.31. The summed E-state index contributed by atoms with van der Waals surface area (Å²) in [5.74, 6) is 1.36. The molecule has 0 aliphatic carbocycles. The Bertz CT molecular complexity index is 1070. The second-order valence-electron chi connectivity index (χ2n) is 9.26. The molecule has 5 nitrogen and oxygen atoms in total. The average molecular weight is 456 g/mol. The second kappa shape index (κ2) is 10.7. The Morgan fingerprint density at radius 3 is 2.21 bits per heavy atom. The number of ether oxygens (including phenoxy) is 1. The molecule has 2 aliphatic heterocycles. The van der Waals surface area contributed by atoms with E-state index in [4.69, 9.17) is 4.74 Å². The minimum Gasteiger partial charge on any atom is -0.457 e. The molecule has 1 amide bonds. The van der Waals surface area contributed by atoms with Crippen LogP contribution in [0.5, 0.6) is 11.5 Å². The van der Waals surface area contributed by atoms with Crippen LogP contribution in [-0.4, -0.2) is 43.0 Å². The lowest BCUT2D eigenvalue weighted by atomic mass is 9.99. The van der Waals surface area contributed by atoms with Gasteiger partial charge in [-0.25, -0.2) is 0 Å². The Balaban J connectivity index is 1.17. The van der Waals surface area contributed by atoms with Crippen LogP contribution in [-0.2, 0) is 0 Å². The molecule has 0 radical (unpaired) electrons. The van der Waals surface area contributed by atoms with E-state index in [1.165, 1.54) is 50.9 Å². The van der Waals surface area contributed by atoms with Gasteiger partial charge in [0.25, 0.3) is 5.91 Å². The van der Waals surface area contributed by atoms with E-state index in [9.17, 15) is 4.79 Å². The molecular weight excluding hydrogens is 422 g/mol. The van der Waals surface area contributed by atoms with E-state index in [1.807, 2.05) is 54.6 Å². The fraction of sp³-hybridized carbons (Fsp3) is 0.345. The van der Waals surface area contributed by atoms with Crippen LogP contribution in [0.4, 0.5) is 11.4 Å². The van der Waals surface area contributed by atoms with Gasteiger partial charge >= 0.3 is 0 Å². The van der Waals surface area contributed by atoms with Gasteiger partial charge in [-0.2, -0.15) is 0 Å². The SMILES string of the molecule is O=C(Nc1cccc(N2CCC(N3CCCCC3)CC2)c1)c1ccc(Oc2ccccc2)cc1.